The van der Waals surface area contributed by atoms with Gasteiger partial charge in [0, 0.05) is 0 Å². The van der Waals surface area contributed by atoms with Gasteiger partial charge in [-0.2, -0.15) is 0 Å². The molecule has 33 heavy (non-hydrogen) atoms. The third kappa shape index (κ3) is 3.79. The maximum Gasteiger partial charge on any atom is 0.266 e. The van der Waals surface area contributed by atoms with E-state index in [1.165, 1.54) is 35.4 Å². The van der Waals surface area contributed by atoms with Crippen LogP contribution >= 0.6 is 23.2 Å². The maximum atomic E-state index is 13.9. The van der Waals surface area contributed by atoms with E-state index in [1.54, 1.807) is 18.2 Å². The fourth-order valence-electron chi connectivity index (χ4n) is 3.67. The first kappa shape index (κ1) is 21.3. The van der Waals surface area contributed by atoms with Gasteiger partial charge < -0.3 is 10.3 Å². The smallest absolute Gasteiger partial charge is 0.266 e. The normalized spacial score (nSPS) is 12.4. The Hall–Kier alpha value is -3.56. The Labute approximate surface area is 196 Å². The number of hydrogen-bond acceptors (Lipinski definition) is 6. The van der Waals surface area contributed by atoms with Gasteiger partial charge in [0.15, 0.2) is 11.5 Å². The van der Waals surface area contributed by atoms with Crippen molar-refractivity contribution < 1.29 is 4.39 Å². The van der Waals surface area contributed by atoms with E-state index in [0.29, 0.717) is 45.5 Å². The summed E-state index contributed by atoms with van der Waals surface area (Å²) >= 11 is 12.3. The number of imidazole rings is 1. The molecule has 1 atom stereocenters. The summed E-state index contributed by atoms with van der Waals surface area (Å²) < 4.78 is 15.4. The SMILES string of the molecule is CC[C@@H](Nc1ncnc2[nH]cnc12)c1nc2ccc(F)cc2c(=O)n1-c1ccc(Cl)c(Cl)c1. The predicted molar refractivity (Wildman–Crippen MR) is 126 cm³/mol. The van der Waals surface area contributed by atoms with Gasteiger partial charge in [-0.25, -0.2) is 24.3 Å². The van der Waals surface area contributed by atoms with Crippen LogP contribution in [-0.2, 0) is 0 Å². The Morgan fingerprint density at radius 1 is 1.12 bits per heavy atom. The Kier molecular flexibility index (Phi) is 5.43. The lowest BCUT2D eigenvalue weighted by Gasteiger charge is -2.22. The monoisotopic (exact) mass is 483 g/mol. The molecule has 11 heteroatoms. The second kappa shape index (κ2) is 8.42. The van der Waals surface area contributed by atoms with Gasteiger partial charge in [-0.3, -0.25) is 9.36 Å². The molecule has 0 bridgehead atoms. The molecule has 0 fully saturated rings. The maximum absolute atomic E-state index is 13.9. The molecule has 166 valence electrons. The summed E-state index contributed by atoms with van der Waals surface area (Å²) in [5, 5.41) is 4.10. The molecule has 0 spiro atoms. The van der Waals surface area contributed by atoms with Crippen molar-refractivity contribution in [2.75, 3.05) is 5.32 Å². The Morgan fingerprint density at radius 2 is 1.97 bits per heavy atom. The molecule has 0 aliphatic carbocycles. The molecular weight excluding hydrogens is 468 g/mol. The minimum absolute atomic E-state index is 0.149. The second-order valence-electron chi connectivity index (χ2n) is 7.30. The molecule has 3 aromatic heterocycles. The van der Waals surface area contributed by atoms with Gasteiger partial charge in [-0.1, -0.05) is 30.1 Å². The average Bonchev–Trinajstić information content (AvgIpc) is 3.29. The molecule has 2 N–H and O–H groups in total. The molecule has 0 aliphatic rings. The van der Waals surface area contributed by atoms with Crippen LogP contribution in [0.25, 0.3) is 27.8 Å². The van der Waals surface area contributed by atoms with Crippen LogP contribution in [0.15, 0.2) is 53.8 Å². The van der Waals surface area contributed by atoms with Crippen molar-refractivity contribution in [1.82, 2.24) is 29.5 Å². The molecule has 5 aromatic rings. The summed E-state index contributed by atoms with van der Waals surface area (Å²) in [5.74, 6) is 0.367. The first-order valence-corrected chi connectivity index (χ1v) is 10.8. The lowest BCUT2D eigenvalue weighted by molar-refractivity contribution is 0.628. The predicted octanol–water partition coefficient (Wildman–Crippen LogP) is 5.06. The number of benzene rings is 2. The van der Waals surface area contributed by atoms with Crippen LogP contribution in [0.4, 0.5) is 10.2 Å². The van der Waals surface area contributed by atoms with Crippen molar-refractivity contribution in [2.45, 2.75) is 19.4 Å². The zero-order chi connectivity index (χ0) is 23.1. The fourth-order valence-corrected chi connectivity index (χ4v) is 3.96. The first-order valence-electron chi connectivity index (χ1n) is 10.0. The van der Waals surface area contributed by atoms with Crippen molar-refractivity contribution in [3.8, 4) is 5.69 Å². The second-order valence-corrected chi connectivity index (χ2v) is 8.11. The van der Waals surface area contributed by atoms with Crippen LogP contribution in [0.2, 0.25) is 10.0 Å². The number of anilines is 1. The number of H-pyrrole nitrogens is 1. The highest BCUT2D eigenvalue weighted by atomic mass is 35.5. The number of fused-ring (bicyclic) bond motifs is 2. The van der Waals surface area contributed by atoms with E-state index in [1.807, 2.05) is 6.92 Å². The van der Waals surface area contributed by atoms with Crippen molar-refractivity contribution in [3.63, 3.8) is 0 Å². The quantitative estimate of drug-likeness (QED) is 0.362. The highest BCUT2D eigenvalue weighted by Crippen LogP contribution is 2.29. The summed E-state index contributed by atoms with van der Waals surface area (Å²) in [4.78, 5) is 34.0. The fraction of sp³-hybridized carbons (Fsp3) is 0.136. The van der Waals surface area contributed by atoms with Gasteiger partial charge in [-0.05, 0) is 42.8 Å². The summed E-state index contributed by atoms with van der Waals surface area (Å²) in [6, 6.07) is 8.31. The summed E-state index contributed by atoms with van der Waals surface area (Å²) in [7, 11) is 0. The standard InChI is InChI=1S/C22H16Cl2FN7O/c1-2-16(30-20-18-19(27-9-26-18)28-10-29-20)21-31-17-6-3-11(25)7-13(17)22(33)32(21)12-4-5-14(23)15(24)8-12/h3-10,16H,2H2,1H3,(H2,26,27,28,29,30)/t16-/m1/s1. The van der Waals surface area contributed by atoms with Crippen molar-refractivity contribution in [2.24, 2.45) is 0 Å². The molecule has 0 amide bonds. The summed E-state index contributed by atoms with van der Waals surface area (Å²) in [6.45, 7) is 1.95. The van der Waals surface area contributed by atoms with E-state index in [9.17, 15) is 9.18 Å². The number of nitrogens with zero attached hydrogens (tertiary/aromatic N) is 5. The molecule has 2 aromatic carbocycles. The largest absolute Gasteiger partial charge is 0.358 e. The minimum Gasteiger partial charge on any atom is -0.358 e. The van der Waals surface area contributed by atoms with Crippen LogP contribution < -0.4 is 10.9 Å². The lowest BCUT2D eigenvalue weighted by atomic mass is 10.1. The highest BCUT2D eigenvalue weighted by molar-refractivity contribution is 6.42. The molecule has 8 nitrogen and oxygen atoms in total. The summed E-state index contributed by atoms with van der Waals surface area (Å²) in [6.07, 6.45) is 3.49. The van der Waals surface area contributed by atoms with E-state index >= 15 is 0 Å². The number of aromatic amines is 1. The van der Waals surface area contributed by atoms with Crippen molar-refractivity contribution in [3.05, 3.63) is 81.1 Å². The molecule has 0 saturated heterocycles. The van der Waals surface area contributed by atoms with Gasteiger partial charge in [0.05, 0.1) is 39.0 Å². The molecule has 0 unspecified atom stereocenters. The van der Waals surface area contributed by atoms with E-state index in [2.05, 4.69) is 25.3 Å². The van der Waals surface area contributed by atoms with Gasteiger partial charge in [0.2, 0.25) is 0 Å². The van der Waals surface area contributed by atoms with Crippen molar-refractivity contribution >= 4 is 51.1 Å². The number of halogens is 3. The van der Waals surface area contributed by atoms with Gasteiger partial charge in [0.1, 0.15) is 23.5 Å². The molecule has 0 aliphatic heterocycles. The van der Waals surface area contributed by atoms with Crippen LogP contribution in [0.3, 0.4) is 0 Å². The van der Waals surface area contributed by atoms with Crippen LogP contribution in [0.1, 0.15) is 25.2 Å². The van der Waals surface area contributed by atoms with Gasteiger partial charge >= 0.3 is 0 Å². The third-order valence-electron chi connectivity index (χ3n) is 5.27. The van der Waals surface area contributed by atoms with E-state index in [0.717, 1.165) is 0 Å². The summed E-state index contributed by atoms with van der Waals surface area (Å²) in [5.41, 5.74) is 1.53. The average molecular weight is 484 g/mol. The highest BCUT2D eigenvalue weighted by Gasteiger charge is 2.22. The lowest BCUT2D eigenvalue weighted by Crippen LogP contribution is -2.28. The molecule has 5 rings (SSSR count). The third-order valence-corrected chi connectivity index (χ3v) is 6.00. The van der Waals surface area contributed by atoms with Crippen LogP contribution in [0.5, 0.6) is 0 Å². The van der Waals surface area contributed by atoms with Crippen molar-refractivity contribution in [1.29, 1.82) is 0 Å². The topological polar surface area (TPSA) is 101 Å². The molecular formula is C22H16Cl2FN7O. The Bertz CT molecular complexity index is 1570. The molecule has 0 radical (unpaired) electrons. The first-order chi connectivity index (χ1) is 16.0. The van der Waals surface area contributed by atoms with Gasteiger partial charge in [-0.15, -0.1) is 0 Å². The number of hydrogen-bond donors (Lipinski definition) is 2. The molecule has 0 saturated carbocycles. The Morgan fingerprint density at radius 3 is 2.76 bits per heavy atom. The van der Waals surface area contributed by atoms with Gasteiger partial charge in [0.25, 0.3) is 5.56 Å². The molecule has 3 heterocycles. The minimum atomic E-state index is -0.526. The number of aromatic nitrogens is 6. The van der Waals surface area contributed by atoms with E-state index in [-0.39, 0.29) is 10.4 Å². The van der Waals surface area contributed by atoms with Crippen LogP contribution in [0, 0.1) is 5.82 Å². The van der Waals surface area contributed by atoms with E-state index < -0.39 is 17.4 Å². The van der Waals surface area contributed by atoms with E-state index in [4.69, 9.17) is 28.2 Å². The number of rotatable bonds is 5. The Balaban J connectivity index is 1.74. The van der Waals surface area contributed by atoms with Crippen LogP contribution in [-0.4, -0.2) is 29.5 Å². The zero-order valence-corrected chi connectivity index (χ0v) is 18.7. The number of nitrogens with one attached hydrogen (secondary N) is 2. The zero-order valence-electron chi connectivity index (χ0n) is 17.2.